The van der Waals surface area contributed by atoms with Crippen LogP contribution in [0.2, 0.25) is 0 Å². The van der Waals surface area contributed by atoms with Gasteiger partial charge in [-0.1, -0.05) is 30.3 Å². The smallest absolute Gasteiger partial charge is 1.00 e. The zero-order valence-corrected chi connectivity index (χ0v) is 16.6. The largest absolute Gasteiger partial charge is 1.00 e. The molecule has 0 bridgehead atoms. The average molecular weight is 354 g/mol. The third kappa shape index (κ3) is 5.59. The summed E-state index contributed by atoms with van der Waals surface area (Å²) in [4.78, 5) is 11.4. The number of carbonyl (C=O) groups is 1. The Morgan fingerprint density at radius 2 is 1.48 bits per heavy atom. The van der Waals surface area contributed by atoms with Crippen LogP contribution >= 0.6 is 8.15 Å². The van der Waals surface area contributed by atoms with Gasteiger partial charge in [-0.25, -0.2) is 0 Å². The normalized spacial score (nSPS) is 12.0. The summed E-state index contributed by atoms with van der Waals surface area (Å²) in [5.74, 6) is 0.973. The molecule has 2 aromatic carbocycles. The molecule has 0 aliphatic heterocycles. The van der Waals surface area contributed by atoms with Crippen LogP contribution in [0.5, 0.6) is 11.5 Å². The first kappa shape index (κ1) is 21.7. The maximum Gasteiger partial charge on any atom is 1.00 e. The Morgan fingerprint density at radius 1 is 0.960 bits per heavy atom. The summed E-state index contributed by atoms with van der Waals surface area (Å²) in [5.41, 5.74) is 0.0910. The summed E-state index contributed by atoms with van der Waals surface area (Å²) in [7, 11) is 2.01. The van der Waals surface area contributed by atoms with Gasteiger partial charge in [0, 0.05) is 10.6 Å². The van der Waals surface area contributed by atoms with Crippen LogP contribution in [-0.4, -0.2) is 26.1 Å². The van der Waals surface area contributed by atoms with Crippen molar-refractivity contribution in [1.82, 2.24) is 0 Å². The summed E-state index contributed by atoms with van der Waals surface area (Å²) in [5, 5.41) is 2.02. The second-order valence-corrected chi connectivity index (χ2v) is 8.02. The van der Waals surface area contributed by atoms with Crippen molar-refractivity contribution in [3.05, 3.63) is 48.0 Å². The number of ether oxygens (including phenoxy) is 2. The minimum absolute atomic E-state index is 0. The molecule has 0 radical (unpaired) electrons. The first-order chi connectivity index (χ1) is 11.4. The number of hydrogen-bond acceptors (Lipinski definition) is 4. The van der Waals surface area contributed by atoms with Crippen LogP contribution in [0.4, 0.5) is 0 Å². The molecule has 4 nitrogen and oxygen atoms in total. The summed E-state index contributed by atoms with van der Waals surface area (Å²) in [6.07, 6.45) is 0.747. The number of hydrogen-bond donors (Lipinski definition) is 0. The minimum Gasteiger partial charge on any atom is -1.00 e. The number of benzene rings is 2. The van der Waals surface area contributed by atoms with E-state index >= 15 is 0 Å². The van der Waals surface area contributed by atoms with Gasteiger partial charge < -0.3 is 15.4 Å². The van der Waals surface area contributed by atoms with Crippen LogP contribution in [0.1, 0.15) is 32.6 Å². The van der Waals surface area contributed by atoms with Crippen LogP contribution in [0.15, 0.2) is 42.5 Å². The fraction of sp³-hybridized carbons (Fsp3) is 0.316. The maximum absolute atomic E-state index is 11.4. The molecular formula is C19H24LiO4P. The van der Waals surface area contributed by atoms with Gasteiger partial charge in [0.05, 0.1) is 33.5 Å². The van der Waals surface area contributed by atoms with Crippen LogP contribution in [-0.2, 0) is 4.52 Å². The van der Waals surface area contributed by atoms with E-state index in [0.29, 0.717) is 17.1 Å². The number of methoxy groups -OCH3 is 2. The fourth-order valence-electron chi connectivity index (χ4n) is 2.25. The van der Waals surface area contributed by atoms with E-state index in [-0.39, 0.29) is 25.9 Å². The number of rotatable bonds is 6. The second kappa shape index (κ2) is 9.41. The van der Waals surface area contributed by atoms with Crippen molar-refractivity contribution >= 4 is 25.0 Å². The van der Waals surface area contributed by atoms with Gasteiger partial charge in [-0.05, 0) is 32.9 Å². The molecule has 0 aromatic heterocycles. The van der Waals surface area contributed by atoms with Crippen LogP contribution in [0.3, 0.4) is 0 Å². The fourth-order valence-corrected chi connectivity index (χ4v) is 4.22. The Kier molecular flexibility index (Phi) is 8.18. The molecule has 2 aromatic rings. The topological polar surface area (TPSA) is 44.8 Å². The number of aldehydes is 1. The molecule has 25 heavy (non-hydrogen) atoms. The molecule has 0 saturated heterocycles. The first-order valence-corrected chi connectivity index (χ1v) is 8.91. The van der Waals surface area contributed by atoms with Gasteiger partial charge in [-0.3, -0.25) is 4.79 Å². The molecule has 130 valence electrons. The monoisotopic (exact) mass is 354 g/mol. The summed E-state index contributed by atoms with van der Waals surface area (Å²) < 4.78 is 17.1. The Balaban J connectivity index is 0.00000312. The molecule has 1 atom stereocenters. The van der Waals surface area contributed by atoms with Crippen molar-refractivity contribution in [1.29, 1.82) is 0 Å². The first-order valence-electron chi connectivity index (χ1n) is 7.65. The molecule has 0 amide bonds. The quantitative estimate of drug-likeness (QED) is 0.437. The van der Waals surface area contributed by atoms with Gasteiger partial charge in [0.1, 0.15) is 11.5 Å². The second-order valence-electron chi connectivity index (χ2n) is 6.22. The van der Waals surface area contributed by atoms with Crippen molar-refractivity contribution in [2.75, 3.05) is 14.2 Å². The molecule has 1 unspecified atom stereocenters. The molecular weight excluding hydrogens is 330 g/mol. The zero-order chi connectivity index (χ0) is 17.7. The van der Waals surface area contributed by atoms with Gasteiger partial charge >= 0.3 is 18.9 Å². The van der Waals surface area contributed by atoms with Gasteiger partial charge in [0.25, 0.3) is 0 Å². The third-order valence-electron chi connectivity index (χ3n) is 3.24. The SMILES string of the molecule is COc1cc(P(OC(C)(C)C)c2ccccc2)cc(OC)c1C=O.[H-].[Li+]. The van der Waals surface area contributed by atoms with E-state index in [1.165, 1.54) is 0 Å². The van der Waals surface area contributed by atoms with Crippen LogP contribution in [0.25, 0.3) is 0 Å². The maximum atomic E-state index is 11.4. The van der Waals surface area contributed by atoms with Crippen LogP contribution in [0, 0.1) is 0 Å². The predicted octanol–water partition coefficient (Wildman–Crippen LogP) is 0.796. The van der Waals surface area contributed by atoms with E-state index in [4.69, 9.17) is 14.0 Å². The Morgan fingerprint density at radius 3 is 1.88 bits per heavy atom. The van der Waals surface area contributed by atoms with E-state index in [0.717, 1.165) is 16.9 Å². The van der Waals surface area contributed by atoms with Crippen LogP contribution < -0.4 is 38.9 Å². The van der Waals surface area contributed by atoms with Gasteiger partial charge in [0.2, 0.25) is 0 Å². The van der Waals surface area contributed by atoms with E-state index in [1.807, 2.05) is 63.2 Å². The van der Waals surface area contributed by atoms with Crippen molar-refractivity contribution in [2.45, 2.75) is 26.4 Å². The molecule has 6 heteroatoms. The molecule has 0 aliphatic carbocycles. The Bertz CT molecular complexity index is 679. The van der Waals surface area contributed by atoms with Crippen molar-refractivity contribution < 1.29 is 39.1 Å². The predicted molar refractivity (Wildman–Crippen MR) is 99.5 cm³/mol. The molecule has 0 aliphatic rings. The van der Waals surface area contributed by atoms with Gasteiger partial charge in [-0.2, -0.15) is 0 Å². The molecule has 0 heterocycles. The zero-order valence-electron chi connectivity index (χ0n) is 16.7. The van der Waals surface area contributed by atoms with E-state index in [2.05, 4.69) is 0 Å². The van der Waals surface area contributed by atoms with Crippen molar-refractivity contribution in [3.63, 3.8) is 0 Å². The summed E-state index contributed by atoms with van der Waals surface area (Å²) >= 11 is 0. The van der Waals surface area contributed by atoms with Gasteiger partial charge in [0.15, 0.2) is 6.29 Å². The number of carbonyl (C=O) groups excluding carboxylic acids is 1. The molecule has 2 rings (SSSR count). The molecule has 0 saturated carbocycles. The van der Waals surface area contributed by atoms with E-state index in [1.54, 1.807) is 14.2 Å². The molecule has 0 fully saturated rings. The summed E-state index contributed by atoms with van der Waals surface area (Å²) in [6, 6.07) is 13.8. The third-order valence-corrected chi connectivity index (χ3v) is 5.46. The molecule has 0 spiro atoms. The Labute approximate surface area is 164 Å². The van der Waals surface area contributed by atoms with E-state index in [9.17, 15) is 4.79 Å². The minimum atomic E-state index is -1.08. The summed E-state index contributed by atoms with van der Waals surface area (Å²) in [6.45, 7) is 6.08. The average Bonchev–Trinajstić information content (AvgIpc) is 2.58. The van der Waals surface area contributed by atoms with Gasteiger partial charge in [-0.15, -0.1) is 0 Å². The van der Waals surface area contributed by atoms with Crippen molar-refractivity contribution in [3.8, 4) is 11.5 Å². The van der Waals surface area contributed by atoms with Crippen molar-refractivity contribution in [2.24, 2.45) is 0 Å². The standard InChI is InChI=1S/C19H23O4P.Li.H/c1-19(2,3)23-24(14-9-7-6-8-10-14)15-11-17(21-4)16(13-20)18(12-15)22-5;;/h6-13H,1-5H3;;/q;+1;-1. The Hall–Kier alpha value is -1.30. The molecule has 0 N–H and O–H groups in total. The van der Waals surface area contributed by atoms with E-state index < -0.39 is 8.15 Å².